The number of esters is 1. The van der Waals surface area contributed by atoms with Crippen LogP contribution in [0.25, 0.3) is 0 Å². The summed E-state index contributed by atoms with van der Waals surface area (Å²) in [5.41, 5.74) is 0.467. The van der Waals surface area contributed by atoms with Crippen LogP contribution in [0.15, 0.2) is 30.3 Å². The molecule has 0 heterocycles. The zero-order valence-electron chi connectivity index (χ0n) is 11.6. The molecule has 0 N–H and O–H groups in total. The molecule has 1 aromatic rings. The molecule has 1 rings (SSSR count). The van der Waals surface area contributed by atoms with Crippen molar-refractivity contribution in [3.8, 4) is 0 Å². The van der Waals surface area contributed by atoms with Crippen LogP contribution in [-0.2, 0) is 20.9 Å². The van der Waals surface area contributed by atoms with E-state index in [1.54, 1.807) is 0 Å². The maximum Gasteiger partial charge on any atom is 0.314 e. The molecule has 0 aliphatic heterocycles. The molecule has 0 radical (unpaired) electrons. The lowest BCUT2D eigenvalue weighted by atomic mass is 9.87. The smallest absolute Gasteiger partial charge is 0.314 e. The third-order valence-electron chi connectivity index (χ3n) is 3.16. The summed E-state index contributed by atoms with van der Waals surface area (Å²) in [6.45, 7) is 8.31. The summed E-state index contributed by atoms with van der Waals surface area (Å²) in [6, 6.07) is 9.92. The third kappa shape index (κ3) is 3.84. The summed E-state index contributed by atoms with van der Waals surface area (Å²) in [6.07, 6.45) is -0.197. The zero-order valence-corrected chi connectivity index (χ0v) is 11.6. The number of ether oxygens (including phenoxy) is 2. The van der Waals surface area contributed by atoms with Gasteiger partial charge >= 0.3 is 5.97 Å². The molecule has 0 unspecified atom stereocenters. The van der Waals surface area contributed by atoms with Crippen molar-refractivity contribution in [3.63, 3.8) is 0 Å². The van der Waals surface area contributed by atoms with E-state index in [9.17, 15) is 4.79 Å². The SMILES string of the molecule is CCOC(=O)C(C)(C)[C@H](C)OCc1ccccc1. The summed E-state index contributed by atoms with van der Waals surface area (Å²) in [4.78, 5) is 11.8. The van der Waals surface area contributed by atoms with Crippen molar-refractivity contribution in [2.24, 2.45) is 5.41 Å². The zero-order chi connectivity index (χ0) is 13.6. The van der Waals surface area contributed by atoms with Crippen LogP contribution in [0, 0.1) is 5.41 Å². The van der Waals surface area contributed by atoms with E-state index in [1.165, 1.54) is 0 Å². The van der Waals surface area contributed by atoms with Crippen LogP contribution in [0.5, 0.6) is 0 Å². The van der Waals surface area contributed by atoms with Crippen molar-refractivity contribution in [2.45, 2.75) is 40.4 Å². The van der Waals surface area contributed by atoms with Crippen LogP contribution in [0.4, 0.5) is 0 Å². The lowest BCUT2D eigenvalue weighted by Crippen LogP contribution is -2.38. The van der Waals surface area contributed by atoms with E-state index in [0.29, 0.717) is 13.2 Å². The molecule has 0 spiro atoms. The molecule has 0 bridgehead atoms. The molecule has 0 aromatic heterocycles. The van der Waals surface area contributed by atoms with Crippen LogP contribution in [0.3, 0.4) is 0 Å². The first-order valence-corrected chi connectivity index (χ1v) is 6.31. The van der Waals surface area contributed by atoms with Crippen LogP contribution < -0.4 is 0 Å². The second-order valence-corrected chi connectivity index (χ2v) is 4.88. The van der Waals surface area contributed by atoms with E-state index < -0.39 is 5.41 Å². The van der Waals surface area contributed by atoms with Gasteiger partial charge in [-0.05, 0) is 33.3 Å². The summed E-state index contributed by atoms with van der Waals surface area (Å²) < 4.78 is 10.8. The highest BCUT2D eigenvalue weighted by molar-refractivity contribution is 5.76. The molecule has 0 saturated heterocycles. The van der Waals surface area contributed by atoms with Gasteiger partial charge in [-0.1, -0.05) is 30.3 Å². The molecule has 1 atom stereocenters. The van der Waals surface area contributed by atoms with Gasteiger partial charge in [0.25, 0.3) is 0 Å². The molecular weight excluding hydrogens is 228 g/mol. The number of benzene rings is 1. The Labute approximate surface area is 109 Å². The van der Waals surface area contributed by atoms with E-state index in [-0.39, 0.29) is 12.1 Å². The van der Waals surface area contributed by atoms with E-state index in [2.05, 4.69) is 0 Å². The van der Waals surface area contributed by atoms with Crippen molar-refractivity contribution in [3.05, 3.63) is 35.9 Å². The molecule has 1 aromatic carbocycles. The fourth-order valence-electron chi connectivity index (χ4n) is 1.49. The first-order chi connectivity index (χ1) is 8.48. The van der Waals surface area contributed by atoms with Crippen molar-refractivity contribution in [1.29, 1.82) is 0 Å². The van der Waals surface area contributed by atoms with Crippen LogP contribution in [-0.4, -0.2) is 18.7 Å². The van der Waals surface area contributed by atoms with Crippen molar-refractivity contribution >= 4 is 5.97 Å². The van der Waals surface area contributed by atoms with E-state index >= 15 is 0 Å². The van der Waals surface area contributed by atoms with Gasteiger partial charge in [0.2, 0.25) is 0 Å². The molecule has 0 saturated carbocycles. The van der Waals surface area contributed by atoms with Gasteiger partial charge in [-0.3, -0.25) is 4.79 Å². The minimum Gasteiger partial charge on any atom is -0.466 e. The average molecular weight is 250 g/mol. The normalized spacial score (nSPS) is 13.1. The van der Waals surface area contributed by atoms with Crippen LogP contribution >= 0.6 is 0 Å². The molecule has 3 heteroatoms. The monoisotopic (exact) mass is 250 g/mol. The predicted octanol–water partition coefficient (Wildman–Crippen LogP) is 3.18. The summed E-state index contributed by atoms with van der Waals surface area (Å²) >= 11 is 0. The summed E-state index contributed by atoms with van der Waals surface area (Å²) in [5.74, 6) is -0.217. The fourth-order valence-corrected chi connectivity index (χ4v) is 1.49. The Kier molecular flexibility index (Phi) is 5.35. The van der Waals surface area contributed by atoms with Gasteiger partial charge in [-0.15, -0.1) is 0 Å². The van der Waals surface area contributed by atoms with Gasteiger partial charge in [0.05, 0.1) is 24.7 Å². The second-order valence-electron chi connectivity index (χ2n) is 4.88. The number of carbonyl (C=O) groups excluding carboxylic acids is 1. The number of carbonyl (C=O) groups is 1. The fraction of sp³-hybridized carbons (Fsp3) is 0.533. The lowest BCUT2D eigenvalue weighted by molar-refractivity contribution is -0.162. The Morgan fingerprint density at radius 3 is 2.44 bits per heavy atom. The highest BCUT2D eigenvalue weighted by Crippen LogP contribution is 2.25. The summed E-state index contributed by atoms with van der Waals surface area (Å²) in [5, 5.41) is 0. The average Bonchev–Trinajstić information content (AvgIpc) is 2.37. The van der Waals surface area contributed by atoms with Gasteiger partial charge in [0.1, 0.15) is 0 Å². The Morgan fingerprint density at radius 2 is 1.89 bits per heavy atom. The highest BCUT2D eigenvalue weighted by Gasteiger charge is 2.36. The number of hydrogen-bond donors (Lipinski definition) is 0. The van der Waals surface area contributed by atoms with Crippen molar-refractivity contribution in [2.75, 3.05) is 6.61 Å². The maximum atomic E-state index is 11.8. The topological polar surface area (TPSA) is 35.5 Å². The lowest BCUT2D eigenvalue weighted by Gasteiger charge is -2.29. The third-order valence-corrected chi connectivity index (χ3v) is 3.16. The van der Waals surface area contributed by atoms with Crippen LogP contribution in [0.1, 0.15) is 33.3 Å². The van der Waals surface area contributed by atoms with Crippen LogP contribution in [0.2, 0.25) is 0 Å². The van der Waals surface area contributed by atoms with Gasteiger partial charge in [0.15, 0.2) is 0 Å². The maximum absolute atomic E-state index is 11.8. The molecule has 18 heavy (non-hydrogen) atoms. The molecule has 0 aliphatic rings. The van der Waals surface area contributed by atoms with Gasteiger partial charge < -0.3 is 9.47 Å². The molecular formula is C15H22O3. The minimum atomic E-state index is -0.634. The number of hydrogen-bond acceptors (Lipinski definition) is 3. The van der Waals surface area contributed by atoms with Crippen molar-refractivity contribution < 1.29 is 14.3 Å². The summed E-state index contributed by atoms with van der Waals surface area (Å²) in [7, 11) is 0. The van der Waals surface area contributed by atoms with Crippen molar-refractivity contribution in [1.82, 2.24) is 0 Å². The van der Waals surface area contributed by atoms with E-state index in [1.807, 2.05) is 58.0 Å². The molecule has 3 nitrogen and oxygen atoms in total. The van der Waals surface area contributed by atoms with E-state index in [0.717, 1.165) is 5.56 Å². The van der Waals surface area contributed by atoms with Gasteiger partial charge in [-0.25, -0.2) is 0 Å². The largest absolute Gasteiger partial charge is 0.466 e. The minimum absolute atomic E-state index is 0.197. The Hall–Kier alpha value is -1.35. The molecule has 0 aliphatic carbocycles. The molecule has 100 valence electrons. The van der Waals surface area contributed by atoms with Gasteiger partial charge in [-0.2, -0.15) is 0 Å². The molecule has 0 fully saturated rings. The number of rotatable bonds is 6. The predicted molar refractivity (Wildman–Crippen MR) is 71.1 cm³/mol. The molecule has 0 amide bonds. The standard InChI is InChI=1S/C15H22O3/c1-5-17-14(16)15(3,4)12(2)18-11-13-9-7-6-8-10-13/h6-10,12H,5,11H2,1-4H3/t12-/m0/s1. The van der Waals surface area contributed by atoms with Gasteiger partial charge in [0, 0.05) is 0 Å². The van der Waals surface area contributed by atoms with E-state index in [4.69, 9.17) is 9.47 Å². The highest BCUT2D eigenvalue weighted by atomic mass is 16.5. The Morgan fingerprint density at radius 1 is 1.28 bits per heavy atom. The first-order valence-electron chi connectivity index (χ1n) is 6.31. The first kappa shape index (κ1) is 14.7. The Bertz CT molecular complexity index is 371. The second kappa shape index (κ2) is 6.55. The quantitative estimate of drug-likeness (QED) is 0.727. The Balaban J connectivity index is 2.54.